The van der Waals surface area contributed by atoms with Crippen LogP contribution in [0, 0.1) is 0 Å². The molecule has 2 rings (SSSR count). The first-order valence-corrected chi connectivity index (χ1v) is 8.47. The summed E-state index contributed by atoms with van der Waals surface area (Å²) in [4.78, 5) is 0.357. The molecule has 1 saturated carbocycles. The van der Waals surface area contributed by atoms with Crippen LogP contribution in [0.5, 0.6) is 0 Å². The Labute approximate surface area is 115 Å². The van der Waals surface area contributed by atoms with Gasteiger partial charge in [-0.15, -0.1) is 0 Å². The van der Waals surface area contributed by atoms with Gasteiger partial charge >= 0.3 is 0 Å². The van der Waals surface area contributed by atoms with Gasteiger partial charge in [0.15, 0.2) is 0 Å². The fourth-order valence-corrected chi connectivity index (χ4v) is 3.73. The van der Waals surface area contributed by atoms with Crippen LogP contribution in [0.4, 0.5) is 5.69 Å². The minimum atomic E-state index is -3.41. The Morgan fingerprint density at radius 2 is 1.89 bits per heavy atom. The summed E-state index contributed by atoms with van der Waals surface area (Å²) in [6, 6.07) is 7.55. The van der Waals surface area contributed by atoms with Gasteiger partial charge in [-0.1, -0.05) is 31.9 Å². The third-order valence-electron chi connectivity index (χ3n) is 3.43. The molecule has 0 aromatic heterocycles. The Kier molecular flexibility index (Phi) is 4.82. The lowest BCUT2D eigenvalue weighted by atomic mass is 10.2. The molecule has 0 amide bonds. The van der Waals surface area contributed by atoms with Crippen molar-refractivity contribution in [1.82, 2.24) is 4.72 Å². The van der Waals surface area contributed by atoms with E-state index in [1.54, 1.807) is 12.1 Å². The maximum absolute atomic E-state index is 12.2. The molecule has 0 saturated heterocycles. The number of para-hydroxylation sites is 1. The number of sulfonamides is 1. The lowest BCUT2D eigenvalue weighted by Gasteiger charge is -2.17. The highest BCUT2D eigenvalue weighted by Crippen LogP contribution is 2.26. The second-order valence-corrected chi connectivity index (χ2v) is 6.76. The van der Waals surface area contributed by atoms with Crippen LogP contribution in [0.3, 0.4) is 0 Å². The van der Waals surface area contributed by atoms with Crippen LogP contribution in [0.15, 0.2) is 29.2 Å². The molecule has 2 N–H and O–H groups in total. The van der Waals surface area contributed by atoms with Gasteiger partial charge in [-0.05, 0) is 31.4 Å². The van der Waals surface area contributed by atoms with Crippen molar-refractivity contribution in [2.45, 2.75) is 50.0 Å². The van der Waals surface area contributed by atoms with Crippen LogP contribution >= 0.6 is 0 Å². The monoisotopic (exact) mass is 282 g/mol. The van der Waals surface area contributed by atoms with Crippen molar-refractivity contribution in [3.05, 3.63) is 24.3 Å². The molecule has 0 heterocycles. The van der Waals surface area contributed by atoms with E-state index in [0.717, 1.165) is 24.9 Å². The first kappa shape index (κ1) is 14.3. The first-order chi connectivity index (χ1) is 9.13. The van der Waals surface area contributed by atoms with Gasteiger partial charge in [0.25, 0.3) is 0 Å². The molecule has 0 bridgehead atoms. The van der Waals surface area contributed by atoms with Gasteiger partial charge < -0.3 is 5.32 Å². The summed E-state index contributed by atoms with van der Waals surface area (Å²) in [6.45, 7) is 2.42. The van der Waals surface area contributed by atoms with Crippen molar-refractivity contribution in [3.63, 3.8) is 0 Å². The molecule has 1 aromatic carbocycles. The van der Waals surface area contributed by atoms with Crippen molar-refractivity contribution < 1.29 is 8.42 Å². The molecule has 0 atom stereocenters. The van der Waals surface area contributed by atoms with E-state index in [-0.39, 0.29) is 0 Å². The molecule has 106 valence electrons. The second-order valence-electron chi connectivity index (χ2n) is 5.02. The van der Waals surface area contributed by atoms with Crippen molar-refractivity contribution in [2.24, 2.45) is 0 Å². The van der Waals surface area contributed by atoms with Gasteiger partial charge in [-0.2, -0.15) is 0 Å². The minimum Gasteiger partial charge on any atom is -0.381 e. The normalized spacial score (nSPS) is 16.7. The molecule has 0 radical (unpaired) electrons. The predicted molar refractivity (Wildman–Crippen MR) is 77.8 cm³/mol. The summed E-state index contributed by atoms with van der Waals surface area (Å²) in [5, 5.41) is 3.37. The molecular weight excluding hydrogens is 260 g/mol. The van der Waals surface area contributed by atoms with E-state index in [4.69, 9.17) is 0 Å². The molecule has 4 nitrogen and oxygen atoms in total. The zero-order chi connectivity index (χ0) is 13.7. The first-order valence-electron chi connectivity index (χ1n) is 6.98. The summed E-state index contributed by atoms with van der Waals surface area (Å²) >= 11 is 0. The minimum absolute atomic E-state index is 0.357. The number of hydrogen-bond acceptors (Lipinski definition) is 3. The van der Waals surface area contributed by atoms with Crippen LogP contribution < -0.4 is 10.0 Å². The number of rotatable bonds is 6. The average molecular weight is 282 g/mol. The summed E-state index contributed by atoms with van der Waals surface area (Å²) < 4.78 is 27.1. The van der Waals surface area contributed by atoms with E-state index < -0.39 is 10.0 Å². The van der Waals surface area contributed by atoms with Crippen molar-refractivity contribution in [2.75, 3.05) is 11.9 Å². The van der Waals surface area contributed by atoms with E-state index in [9.17, 15) is 8.42 Å². The molecule has 0 unspecified atom stereocenters. The van der Waals surface area contributed by atoms with Crippen LogP contribution in [0.25, 0.3) is 0 Å². The highest BCUT2D eigenvalue weighted by Gasteiger charge is 2.21. The van der Waals surface area contributed by atoms with E-state index in [2.05, 4.69) is 10.0 Å². The van der Waals surface area contributed by atoms with Crippen LogP contribution in [-0.2, 0) is 10.0 Å². The zero-order valence-corrected chi connectivity index (χ0v) is 12.2. The fourth-order valence-electron chi connectivity index (χ4n) is 2.42. The highest BCUT2D eigenvalue weighted by molar-refractivity contribution is 7.89. The van der Waals surface area contributed by atoms with Crippen LogP contribution in [0.1, 0.15) is 39.0 Å². The fraction of sp³-hybridized carbons (Fsp3) is 0.571. The van der Waals surface area contributed by atoms with Gasteiger partial charge in [0.05, 0.1) is 5.69 Å². The molecule has 1 aromatic rings. The Bertz CT molecular complexity index is 508. The van der Waals surface area contributed by atoms with Gasteiger partial charge in [0.2, 0.25) is 10.0 Å². The third kappa shape index (κ3) is 3.70. The molecule has 1 aliphatic carbocycles. The molecule has 1 aliphatic rings. The predicted octanol–water partition coefficient (Wildman–Crippen LogP) is 2.73. The number of nitrogens with one attached hydrogen (secondary N) is 2. The summed E-state index contributed by atoms with van der Waals surface area (Å²) in [5.41, 5.74) is 0.720. The van der Waals surface area contributed by atoms with Crippen LogP contribution in [0.2, 0.25) is 0 Å². The lowest BCUT2D eigenvalue weighted by Crippen LogP contribution is -2.26. The van der Waals surface area contributed by atoms with E-state index in [1.807, 2.05) is 19.1 Å². The van der Waals surface area contributed by atoms with Gasteiger partial charge in [-0.3, -0.25) is 0 Å². The molecule has 0 spiro atoms. The van der Waals surface area contributed by atoms with E-state index in [0.29, 0.717) is 17.5 Å². The third-order valence-corrected chi connectivity index (χ3v) is 4.95. The zero-order valence-electron chi connectivity index (χ0n) is 11.4. The van der Waals surface area contributed by atoms with Crippen LogP contribution in [-0.4, -0.2) is 21.0 Å². The van der Waals surface area contributed by atoms with Crippen molar-refractivity contribution in [1.29, 1.82) is 0 Å². The topological polar surface area (TPSA) is 58.2 Å². The molecule has 5 heteroatoms. The quantitative estimate of drug-likeness (QED) is 0.843. The van der Waals surface area contributed by atoms with E-state index in [1.165, 1.54) is 12.8 Å². The number of anilines is 1. The highest BCUT2D eigenvalue weighted by atomic mass is 32.2. The Balaban J connectivity index is 2.19. The lowest BCUT2D eigenvalue weighted by molar-refractivity contribution is 0.581. The largest absolute Gasteiger partial charge is 0.381 e. The summed E-state index contributed by atoms with van der Waals surface area (Å²) in [6.07, 6.45) is 5.48. The summed E-state index contributed by atoms with van der Waals surface area (Å²) in [5.74, 6) is 0. The number of benzene rings is 1. The maximum atomic E-state index is 12.2. The van der Waals surface area contributed by atoms with Gasteiger partial charge in [-0.25, -0.2) is 13.1 Å². The maximum Gasteiger partial charge on any atom is 0.242 e. The molecule has 1 fully saturated rings. The SMILES string of the molecule is CCCNS(=O)(=O)c1ccccc1NC1CCCC1. The Morgan fingerprint density at radius 3 is 2.58 bits per heavy atom. The smallest absolute Gasteiger partial charge is 0.242 e. The Morgan fingerprint density at radius 1 is 1.21 bits per heavy atom. The summed E-state index contributed by atoms with van der Waals surface area (Å²) in [7, 11) is -3.41. The molecular formula is C14H22N2O2S. The molecule has 0 aliphatic heterocycles. The van der Waals surface area contributed by atoms with Gasteiger partial charge in [0.1, 0.15) is 4.90 Å². The number of hydrogen-bond donors (Lipinski definition) is 2. The van der Waals surface area contributed by atoms with E-state index >= 15 is 0 Å². The second kappa shape index (κ2) is 6.39. The standard InChI is InChI=1S/C14H22N2O2S/c1-2-11-15-19(17,18)14-10-6-5-9-13(14)16-12-7-3-4-8-12/h5-6,9-10,12,15-16H,2-4,7-8,11H2,1H3. The molecule has 19 heavy (non-hydrogen) atoms. The van der Waals surface area contributed by atoms with Gasteiger partial charge in [0, 0.05) is 12.6 Å². The van der Waals surface area contributed by atoms with Crippen molar-refractivity contribution in [3.8, 4) is 0 Å². The Hall–Kier alpha value is -1.07. The van der Waals surface area contributed by atoms with Crippen molar-refractivity contribution >= 4 is 15.7 Å². The average Bonchev–Trinajstić information content (AvgIpc) is 2.90.